The molecular formula is C15H17Cl2N5OS. The highest BCUT2D eigenvalue weighted by Crippen LogP contribution is 2.39. The summed E-state index contributed by atoms with van der Waals surface area (Å²) in [7, 11) is 0. The Balaban J connectivity index is 1.56. The molecule has 1 fully saturated rings. The van der Waals surface area contributed by atoms with Crippen molar-refractivity contribution in [3.05, 3.63) is 33.8 Å². The Hall–Kier alpha value is -1.44. The van der Waals surface area contributed by atoms with Crippen LogP contribution in [0, 0.1) is 0 Å². The van der Waals surface area contributed by atoms with Crippen molar-refractivity contribution in [1.29, 1.82) is 0 Å². The molecule has 0 spiro atoms. The van der Waals surface area contributed by atoms with Crippen LogP contribution in [0.5, 0.6) is 0 Å². The van der Waals surface area contributed by atoms with Crippen LogP contribution in [-0.2, 0) is 4.79 Å². The average Bonchev–Trinajstić information content (AvgIpc) is 3.31. The highest BCUT2D eigenvalue weighted by molar-refractivity contribution is 7.99. The third-order valence-electron chi connectivity index (χ3n) is 3.76. The highest BCUT2D eigenvalue weighted by Gasteiger charge is 2.29. The van der Waals surface area contributed by atoms with Crippen LogP contribution in [0.4, 0.5) is 5.95 Å². The summed E-state index contributed by atoms with van der Waals surface area (Å²) in [6.45, 7) is 1.90. The van der Waals surface area contributed by atoms with Gasteiger partial charge in [0.2, 0.25) is 11.9 Å². The lowest BCUT2D eigenvalue weighted by molar-refractivity contribution is -0.119. The Kier molecular flexibility index (Phi) is 5.22. The normalized spacial score (nSPS) is 15.3. The van der Waals surface area contributed by atoms with Crippen LogP contribution < -0.4 is 11.1 Å². The number of carbonyl (C=O) groups is 1. The third-order valence-corrected chi connectivity index (χ3v) is 5.44. The summed E-state index contributed by atoms with van der Waals surface area (Å²) in [6, 6.07) is 5.53. The lowest BCUT2D eigenvalue weighted by Crippen LogP contribution is -2.28. The second-order valence-electron chi connectivity index (χ2n) is 5.69. The van der Waals surface area contributed by atoms with Crippen molar-refractivity contribution in [3.63, 3.8) is 0 Å². The number of benzene rings is 1. The van der Waals surface area contributed by atoms with Gasteiger partial charge in [-0.05, 0) is 37.5 Å². The molecular weight excluding hydrogens is 369 g/mol. The molecule has 1 aromatic heterocycles. The van der Waals surface area contributed by atoms with Gasteiger partial charge in [-0.3, -0.25) is 9.36 Å². The predicted octanol–water partition coefficient (Wildman–Crippen LogP) is 3.47. The van der Waals surface area contributed by atoms with Crippen LogP contribution in [0.2, 0.25) is 10.0 Å². The van der Waals surface area contributed by atoms with Crippen molar-refractivity contribution in [2.24, 2.45) is 0 Å². The third kappa shape index (κ3) is 3.96. The summed E-state index contributed by atoms with van der Waals surface area (Å²) >= 11 is 13.3. The monoisotopic (exact) mass is 385 g/mol. The van der Waals surface area contributed by atoms with Crippen LogP contribution >= 0.6 is 35.0 Å². The fourth-order valence-corrected chi connectivity index (χ4v) is 3.47. The molecule has 1 atom stereocenters. The van der Waals surface area contributed by atoms with Crippen molar-refractivity contribution in [3.8, 4) is 0 Å². The predicted molar refractivity (Wildman–Crippen MR) is 96.4 cm³/mol. The summed E-state index contributed by atoms with van der Waals surface area (Å²) in [6.07, 6.45) is 2.16. The average molecular weight is 386 g/mol. The standard InChI is InChI=1S/C15H17Cl2N5OS/c1-8(9-2-5-11(16)12(17)6-9)19-13(23)7-24-15-21-20-14(18)22(15)10-3-4-10/h2,5-6,8,10H,3-4,7H2,1H3,(H2,18,20)(H,19,23). The van der Waals surface area contributed by atoms with Crippen LogP contribution in [0.15, 0.2) is 23.4 Å². The summed E-state index contributed by atoms with van der Waals surface area (Å²) in [5.74, 6) is 0.559. The maximum absolute atomic E-state index is 12.2. The zero-order valence-corrected chi connectivity index (χ0v) is 15.3. The van der Waals surface area contributed by atoms with Gasteiger partial charge >= 0.3 is 0 Å². The first kappa shape index (κ1) is 17.4. The molecule has 0 radical (unpaired) electrons. The number of nitrogens with one attached hydrogen (secondary N) is 1. The van der Waals surface area contributed by atoms with E-state index in [0.29, 0.717) is 27.2 Å². The van der Waals surface area contributed by atoms with Gasteiger partial charge in [0, 0.05) is 6.04 Å². The van der Waals surface area contributed by atoms with Gasteiger partial charge in [-0.15, -0.1) is 10.2 Å². The van der Waals surface area contributed by atoms with E-state index in [9.17, 15) is 4.79 Å². The van der Waals surface area contributed by atoms with Crippen LogP contribution in [0.3, 0.4) is 0 Å². The van der Waals surface area contributed by atoms with Gasteiger partial charge in [0.05, 0.1) is 21.8 Å². The molecule has 1 aromatic carbocycles. The first-order chi connectivity index (χ1) is 11.5. The Morgan fingerprint density at radius 1 is 1.42 bits per heavy atom. The molecule has 1 aliphatic rings. The molecule has 24 heavy (non-hydrogen) atoms. The van der Waals surface area contributed by atoms with Crippen molar-refractivity contribution >= 4 is 46.8 Å². The minimum atomic E-state index is -0.167. The molecule has 6 nitrogen and oxygen atoms in total. The molecule has 9 heteroatoms. The van der Waals surface area contributed by atoms with Gasteiger partial charge in [-0.2, -0.15) is 0 Å². The van der Waals surface area contributed by atoms with Crippen LogP contribution in [-0.4, -0.2) is 26.4 Å². The number of hydrogen-bond acceptors (Lipinski definition) is 5. The first-order valence-electron chi connectivity index (χ1n) is 7.53. The first-order valence-corrected chi connectivity index (χ1v) is 9.27. The van der Waals surface area contributed by atoms with E-state index in [-0.39, 0.29) is 17.7 Å². The number of anilines is 1. The number of nitrogens with zero attached hydrogens (tertiary/aromatic N) is 3. The lowest BCUT2D eigenvalue weighted by Gasteiger charge is -2.15. The summed E-state index contributed by atoms with van der Waals surface area (Å²) in [5, 5.41) is 12.5. The zero-order chi connectivity index (χ0) is 17.3. The van der Waals surface area contributed by atoms with Gasteiger partial charge in [0.15, 0.2) is 5.16 Å². The van der Waals surface area contributed by atoms with E-state index in [2.05, 4.69) is 15.5 Å². The molecule has 1 heterocycles. The van der Waals surface area contributed by atoms with Crippen molar-refractivity contribution in [2.45, 2.75) is 37.0 Å². The largest absolute Gasteiger partial charge is 0.368 e. The summed E-state index contributed by atoms with van der Waals surface area (Å²) < 4.78 is 1.90. The fourth-order valence-electron chi connectivity index (χ4n) is 2.34. The molecule has 0 aliphatic heterocycles. The van der Waals surface area contributed by atoms with E-state index >= 15 is 0 Å². The minimum absolute atomic E-state index is 0.0949. The molecule has 1 aliphatic carbocycles. The van der Waals surface area contributed by atoms with E-state index in [1.807, 2.05) is 17.6 Å². The maximum Gasteiger partial charge on any atom is 0.230 e. The summed E-state index contributed by atoms with van der Waals surface area (Å²) in [4.78, 5) is 12.2. The van der Waals surface area contributed by atoms with Gasteiger partial charge < -0.3 is 11.1 Å². The number of nitrogens with two attached hydrogens (primary N) is 1. The fraction of sp³-hybridized carbons (Fsp3) is 0.400. The smallest absolute Gasteiger partial charge is 0.230 e. The Morgan fingerprint density at radius 2 is 2.17 bits per heavy atom. The van der Waals surface area contributed by atoms with Gasteiger partial charge in [-0.25, -0.2) is 0 Å². The number of rotatable bonds is 6. The van der Waals surface area contributed by atoms with E-state index < -0.39 is 0 Å². The van der Waals surface area contributed by atoms with Crippen molar-refractivity contribution in [2.75, 3.05) is 11.5 Å². The van der Waals surface area contributed by atoms with E-state index in [0.717, 1.165) is 18.4 Å². The number of aromatic nitrogens is 3. The number of carbonyl (C=O) groups excluding carboxylic acids is 1. The Morgan fingerprint density at radius 3 is 2.83 bits per heavy atom. The molecule has 2 aromatic rings. The molecule has 0 bridgehead atoms. The second-order valence-corrected chi connectivity index (χ2v) is 7.45. The van der Waals surface area contributed by atoms with Crippen molar-refractivity contribution in [1.82, 2.24) is 20.1 Å². The van der Waals surface area contributed by atoms with E-state index in [1.165, 1.54) is 11.8 Å². The van der Waals surface area contributed by atoms with Crippen LogP contribution in [0.25, 0.3) is 0 Å². The zero-order valence-electron chi connectivity index (χ0n) is 13.0. The molecule has 1 saturated carbocycles. The number of hydrogen-bond donors (Lipinski definition) is 2. The number of halogens is 2. The lowest BCUT2D eigenvalue weighted by atomic mass is 10.1. The van der Waals surface area contributed by atoms with E-state index in [4.69, 9.17) is 28.9 Å². The number of thioether (sulfide) groups is 1. The quantitative estimate of drug-likeness (QED) is 0.743. The van der Waals surface area contributed by atoms with Crippen LogP contribution in [0.1, 0.15) is 37.4 Å². The van der Waals surface area contributed by atoms with Gasteiger partial charge in [-0.1, -0.05) is 41.0 Å². The number of amides is 1. The SMILES string of the molecule is CC(NC(=O)CSc1nnc(N)n1C1CC1)c1ccc(Cl)c(Cl)c1. The summed E-state index contributed by atoms with van der Waals surface area (Å²) in [5.41, 5.74) is 6.72. The molecule has 0 saturated heterocycles. The molecule has 128 valence electrons. The molecule has 3 N–H and O–H groups in total. The van der Waals surface area contributed by atoms with E-state index in [1.54, 1.807) is 12.1 Å². The molecule has 1 amide bonds. The Labute approximate surface area is 154 Å². The molecule has 1 unspecified atom stereocenters. The highest BCUT2D eigenvalue weighted by atomic mass is 35.5. The second kappa shape index (κ2) is 7.21. The topological polar surface area (TPSA) is 85.8 Å². The minimum Gasteiger partial charge on any atom is -0.368 e. The number of nitrogen functional groups attached to an aromatic ring is 1. The Bertz CT molecular complexity index is 762. The van der Waals surface area contributed by atoms with Gasteiger partial charge in [0.1, 0.15) is 0 Å². The van der Waals surface area contributed by atoms with Crippen molar-refractivity contribution < 1.29 is 4.79 Å². The maximum atomic E-state index is 12.2. The molecule has 3 rings (SSSR count). The van der Waals surface area contributed by atoms with Gasteiger partial charge in [0.25, 0.3) is 0 Å².